The van der Waals surface area contributed by atoms with Crippen molar-refractivity contribution in [3.8, 4) is 0 Å². The van der Waals surface area contributed by atoms with Crippen LogP contribution in [0.1, 0.15) is 51.5 Å². The van der Waals surface area contributed by atoms with E-state index in [1.54, 1.807) is 18.2 Å². The number of alkyl halides is 3. The topological polar surface area (TPSA) is 99.3 Å². The Bertz CT molecular complexity index is 1200. The average Bonchev–Trinajstić information content (AvgIpc) is 3.13. The van der Waals surface area contributed by atoms with Crippen molar-refractivity contribution in [1.29, 1.82) is 0 Å². The minimum atomic E-state index is -4.51. The zero-order valence-electron chi connectivity index (χ0n) is 18.0. The van der Waals surface area contributed by atoms with Crippen LogP contribution in [0, 0.1) is 12.8 Å². The molecule has 1 fully saturated rings. The minimum Gasteiger partial charge on any atom is -0.355 e. The Hall–Kier alpha value is -3.47. The summed E-state index contributed by atoms with van der Waals surface area (Å²) >= 11 is 5.36. The Kier molecular flexibility index (Phi) is 6.30. The van der Waals surface area contributed by atoms with Crippen molar-refractivity contribution in [2.45, 2.75) is 38.5 Å². The summed E-state index contributed by atoms with van der Waals surface area (Å²) in [6.45, 7) is 1.71. The third-order valence-corrected chi connectivity index (χ3v) is 6.16. The number of amides is 3. The van der Waals surface area contributed by atoms with E-state index in [0.717, 1.165) is 11.6 Å². The molecule has 0 aromatic heterocycles. The molecule has 0 saturated carbocycles. The molecule has 2 aromatic rings. The Morgan fingerprint density at radius 1 is 1.15 bits per heavy atom. The number of benzene rings is 2. The number of carbonyl (C=O) groups excluding carboxylic acids is 3. The van der Waals surface area contributed by atoms with Gasteiger partial charge in [0.15, 0.2) is 5.11 Å². The predicted octanol–water partition coefficient (Wildman–Crippen LogP) is 3.34. The SMILES string of the molecule is Cc1ccc(NC(=S)NC(c2ccc3c(c2)CNC3=O)C2CCC(=O)NC2=O)cc1C(F)(F)F. The molecule has 3 amide bonds. The number of imide groups is 1. The first-order valence-electron chi connectivity index (χ1n) is 10.5. The second kappa shape index (κ2) is 9.05. The van der Waals surface area contributed by atoms with E-state index in [1.165, 1.54) is 19.1 Å². The average molecular weight is 491 g/mol. The van der Waals surface area contributed by atoms with Crippen LogP contribution in [0.15, 0.2) is 36.4 Å². The summed E-state index contributed by atoms with van der Waals surface area (Å²) in [6, 6.07) is 8.24. The number of aryl methyl sites for hydroxylation is 1. The lowest BCUT2D eigenvalue weighted by Crippen LogP contribution is -2.47. The number of thiocarbonyl (C=S) groups is 1. The summed E-state index contributed by atoms with van der Waals surface area (Å²) < 4.78 is 39.8. The molecule has 2 heterocycles. The van der Waals surface area contributed by atoms with Crippen LogP contribution in [0.2, 0.25) is 0 Å². The standard InChI is InChI=1S/C23H21F3N4O3S/c1-11-2-4-14(9-17(11)23(24,25)26)28-22(34)30-19(16-6-7-18(31)29-21(16)33)12-3-5-15-13(8-12)10-27-20(15)32/h2-5,8-9,16,19H,6-7,10H2,1H3,(H,27,32)(H2,28,30,34)(H,29,31,33). The van der Waals surface area contributed by atoms with Gasteiger partial charge in [-0.1, -0.05) is 18.2 Å². The summed E-state index contributed by atoms with van der Waals surface area (Å²) in [6.07, 6.45) is -4.10. The van der Waals surface area contributed by atoms with E-state index >= 15 is 0 Å². The van der Waals surface area contributed by atoms with Crippen LogP contribution in [0.5, 0.6) is 0 Å². The second-order valence-electron chi connectivity index (χ2n) is 8.26. The second-order valence-corrected chi connectivity index (χ2v) is 8.67. The van der Waals surface area contributed by atoms with Gasteiger partial charge in [0.2, 0.25) is 11.8 Å². The van der Waals surface area contributed by atoms with Gasteiger partial charge in [0.05, 0.1) is 17.5 Å². The number of fused-ring (bicyclic) bond motifs is 1. The number of halogens is 3. The highest BCUT2D eigenvalue weighted by atomic mass is 32.1. The summed E-state index contributed by atoms with van der Waals surface area (Å²) in [5, 5.41) is 10.9. The van der Waals surface area contributed by atoms with Crippen molar-refractivity contribution in [2.75, 3.05) is 5.32 Å². The smallest absolute Gasteiger partial charge is 0.355 e. The maximum atomic E-state index is 13.3. The summed E-state index contributed by atoms with van der Waals surface area (Å²) in [7, 11) is 0. The largest absolute Gasteiger partial charge is 0.416 e. The van der Waals surface area contributed by atoms with Crippen LogP contribution in [-0.2, 0) is 22.3 Å². The summed E-state index contributed by atoms with van der Waals surface area (Å²) in [4.78, 5) is 36.2. The molecule has 2 aliphatic rings. The van der Waals surface area contributed by atoms with Crippen molar-refractivity contribution in [1.82, 2.24) is 16.0 Å². The fraction of sp³-hybridized carbons (Fsp3) is 0.304. The van der Waals surface area contributed by atoms with Gasteiger partial charge in [0.25, 0.3) is 5.91 Å². The van der Waals surface area contributed by atoms with Crippen molar-refractivity contribution in [3.05, 3.63) is 64.2 Å². The monoisotopic (exact) mass is 490 g/mol. The first kappa shape index (κ1) is 23.7. The van der Waals surface area contributed by atoms with Crippen molar-refractivity contribution < 1.29 is 27.6 Å². The van der Waals surface area contributed by atoms with Gasteiger partial charge in [-0.05, 0) is 60.5 Å². The van der Waals surface area contributed by atoms with Crippen LogP contribution >= 0.6 is 12.2 Å². The van der Waals surface area contributed by atoms with Gasteiger partial charge in [0, 0.05) is 24.2 Å². The molecule has 2 aromatic carbocycles. The molecule has 2 atom stereocenters. The number of hydrogen-bond donors (Lipinski definition) is 4. The third-order valence-electron chi connectivity index (χ3n) is 5.94. The van der Waals surface area contributed by atoms with Crippen LogP contribution in [-0.4, -0.2) is 22.8 Å². The van der Waals surface area contributed by atoms with Crippen molar-refractivity contribution in [3.63, 3.8) is 0 Å². The molecule has 4 rings (SSSR count). The minimum absolute atomic E-state index is 0.0152. The van der Waals surface area contributed by atoms with E-state index in [1.807, 2.05) is 0 Å². The lowest BCUT2D eigenvalue weighted by Gasteiger charge is -2.31. The molecular formula is C23H21F3N4O3S. The van der Waals surface area contributed by atoms with Gasteiger partial charge in [0.1, 0.15) is 0 Å². The zero-order chi connectivity index (χ0) is 24.6. The van der Waals surface area contributed by atoms with E-state index < -0.39 is 29.6 Å². The molecule has 0 radical (unpaired) electrons. The molecule has 2 unspecified atom stereocenters. The molecule has 4 N–H and O–H groups in total. The molecule has 0 spiro atoms. The van der Waals surface area contributed by atoms with E-state index in [9.17, 15) is 27.6 Å². The van der Waals surface area contributed by atoms with Crippen LogP contribution in [0.3, 0.4) is 0 Å². The van der Waals surface area contributed by atoms with Gasteiger partial charge < -0.3 is 16.0 Å². The Morgan fingerprint density at radius 3 is 2.62 bits per heavy atom. The van der Waals surface area contributed by atoms with E-state index in [4.69, 9.17) is 12.2 Å². The van der Waals surface area contributed by atoms with Crippen LogP contribution in [0.4, 0.5) is 18.9 Å². The van der Waals surface area contributed by atoms with E-state index in [0.29, 0.717) is 17.7 Å². The molecule has 34 heavy (non-hydrogen) atoms. The van der Waals surface area contributed by atoms with Gasteiger partial charge >= 0.3 is 6.18 Å². The van der Waals surface area contributed by atoms with Gasteiger partial charge in [-0.3, -0.25) is 19.7 Å². The van der Waals surface area contributed by atoms with E-state index in [2.05, 4.69) is 21.3 Å². The number of rotatable bonds is 4. The highest BCUT2D eigenvalue weighted by Crippen LogP contribution is 2.34. The number of nitrogens with one attached hydrogen (secondary N) is 4. The number of piperidine rings is 1. The summed E-state index contributed by atoms with van der Waals surface area (Å²) in [5.41, 5.74) is 1.40. The van der Waals surface area contributed by atoms with Gasteiger partial charge in [-0.25, -0.2) is 0 Å². The molecule has 1 saturated heterocycles. The quantitative estimate of drug-likeness (QED) is 0.388. The number of anilines is 1. The molecule has 2 aliphatic heterocycles. The third kappa shape index (κ3) is 4.89. The number of carbonyl (C=O) groups is 3. The van der Waals surface area contributed by atoms with Gasteiger partial charge in [-0.2, -0.15) is 13.2 Å². The molecular weight excluding hydrogens is 469 g/mol. The molecule has 11 heteroatoms. The lowest BCUT2D eigenvalue weighted by atomic mass is 9.85. The lowest BCUT2D eigenvalue weighted by molar-refractivity contribution is -0.138. The Morgan fingerprint density at radius 2 is 1.91 bits per heavy atom. The fourth-order valence-electron chi connectivity index (χ4n) is 4.20. The Balaban J connectivity index is 1.60. The summed E-state index contributed by atoms with van der Waals surface area (Å²) in [5.74, 6) is -1.70. The van der Waals surface area contributed by atoms with Crippen LogP contribution < -0.4 is 21.3 Å². The van der Waals surface area contributed by atoms with Gasteiger partial charge in [-0.15, -0.1) is 0 Å². The molecule has 0 bridgehead atoms. The number of hydrogen-bond acceptors (Lipinski definition) is 4. The zero-order valence-corrected chi connectivity index (χ0v) is 18.8. The molecule has 0 aliphatic carbocycles. The Labute approximate surface area is 198 Å². The normalized spacial score (nSPS) is 18.6. The van der Waals surface area contributed by atoms with E-state index in [-0.39, 0.29) is 41.0 Å². The highest BCUT2D eigenvalue weighted by molar-refractivity contribution is 7.80. The maximum absolute atomic E-state index is 13.3. The van der Waals surface area contributed by atoms with Crippen molar-refractivity contribution in [2.24, 2.45) is 5.92 Å². The van der Waals surface area contributed by atoms with Crippen LogP contribution in [0.25, 0.3) is 0 Å². The van der Waals surface area contributed by atoms with Crippen molar-refractivity contribution >= 4 is 40.7 Å². The molecule has 7 nitrogen and oxygen atoms in total. The first-order chi connectivity index (χ1) is 16.0. The first-order valence-corrected chi connectivity index (χ1v) is 10.9. The fourth-order valence-corrected chi connectivity index (χ4v) is 4.45. The highest BCUT2D eigenvalue weighted by Gasteiger charge is 2.36. The maximum Gasteiger partial charge on any atom is 0.416 e. The molecule has 178 valence electrons. The predicted molar refractivity (Wildman–Crippen MR) is 122 cm³/mol.